The van der Waals surface area contributed by atoms with Crippen molar-refractivity contribution in [1.29, 1.82) is 0 Å². The van der Waals surface area contributed by atoms with E-state index in [0.717, 1.165) is 5.56 Å². The number of hydrogen-bond donors (Lipinski definition) is 2. The third kappa shape index (κ3) is 14.5. The number of carboxylic acids is 1. The smallest absolute Gasteiger partial charge is 0.320 e. The zero-order valence-corrected chi connectivity index (χ0v) is 20.0. The summed E-state index contributed by atoms with van der Waals surface area (Å²) in [4.78, 5) is 10.4. The molecule has 4 N–H and O–H groups in total. The fraction of sp³-hybridized carbons (Fsp3) is 0.720. The molecule has 1 aromatic carbocycles. The molecule has 0 aliphatic heterocycles. The number of benzene rings is 1. The van der Waals surface area contributed by atoms with E-state index >= 15 is 0 Å². The molecule has 0 aliphatic rings. The van der Waals surface area contributed by atoms with E-state index in [0.29, 0.717) is 6.42 Å². The normalized spacial score (nSPS) is 11.8. The molecule has 0 spiro atoms. The van der Waals surface area contributed by atoms with Gasteiger partial charge in [-0.1, -0.05) is 83.7 Å². The highest BCUT2D eigenvalue weighted by Gasteiger charge is 2.24. The van der Waals surface area contributed by atoms with Crippen LogP contribution >= 0.6 is 0 Å². The predicted molar refractivity (Wildman–Crippen MR) is 127 cm³/mol. The van der Waals surface area contributed by atoms with Crippen molar-refractivity contribution in [2.75, 3.05) is 26.2 Å². The second kappa shape index (κ2) is 19.5. The van der Waals surface area contributed by atoms with Crippen molar-refractivity contribution in [1.82, 2.24) is 0 Å². The number of hydrogen-bond acceptors (Lipinski definition) is 3. The molecular formula is C25H48N2O3. The summed E-state index contributed by atoms with van der Waals surface area (Å²) in [6.45, 7) is 15.0. The summed E-state index contributed by atoms with van der Waals surface area (Å²) in [6, 6.07) is 8.54. The number of aliphatic carboxylic acids is 1. The van der Waals surface area contributed by atoms with Gasteiger partial charge in [-0.15, -0.1) is 0 Å². The van der Waals surface area contributed by atoms with E-state index in [9.17, 15) is 4.79 Å². The standard InChI is InChI=1S/C16H36N.C9H11NO2.H2O/c1-5-9-13-17(14-10-6-2,15-11-7-3)16-12-8-4;10-8(9(11)12)6-7-4-2-1-3-5-7;/h5-16H2,1-4H3;1-5,8H,6,10H2,(H,11,12);1H2/q+1;;/p-1. The molecule has 1 unspecified atom stereocenters. The lowest BCUT2D eigenvalue weighted by molar-refractivity contribution is -0.929. The zero-order chi connectivity index (χ0) is 22.0. The van der Waals surface area contributed by atoms with Crippen molar-refractivity contribution in [2.45, 2.75) is 91.5 Å². The topological polar surface area (TPSA) is 93.3 Å². The molecule has 0 amide bonds. The first-order valence-corrected chi connectivity index (χ1v) is 11.8. The van der Waals surface area contributed by atoms with Crippen LogP contribution in [0, 0.1) is 0 Å². The van der Waals surface area contributed by atoms with Crippen LogP contribution in [0.2, 0.25) is 0 Å². The fourth-order valence-corrected chi connectivity index (χ4v) is 3.60. The molecule has 0 aromatic heterocycles. The van der Waals surface area contributed by atoms with Crippen LogP contribution in [0.3, 0.4) is 0 Å². The number of nitrogens with two attached hydrogens (primary N) is 1. The van der Waals surface area contributed by atoms with Crippen molar-refractivity contribution in [3.05, 3.63) is 35.9 Å². The van der Waals surface area contributed by atoms with Gasteiger partial charge in [0.1, 0.15) is 6.04 Å². The molecule has 0 bridgehead atoms. The van der Waals surface area contributed by atoms with Crippen LogP contribution in [0.25, 0.3) is 0 Å². The van der Waals surface area contributed by atoms with Crippen molar-refractivity contribution in [3.63, 3.8) is 0 Å². The Bertz CT molecular complexity index is 471. The predicted octanol–water partition coefficient (Wildman–Crippen LogP) is 5.47. The quantitative estimate of drug-likeness (QED) is 0.365. The number of nitrogens with zero attached hydrogens (tertiary/aromatic N) is 1. The maximum Gasteiger partial charge on any atom is 0.320 e. The van der Waals surface area contributed by atoms with E-state index in [-0.39, 0.29) is 5.48 Å². The van der Waals surface area contributed by atoms with Gasteiger partial charge >= 0.3 is 5.97 Å². The molecule has 1 rings (SSSR count). The highest BCUT2D eigenvalue weighted by molar-refractivity contribution is 5.73. The first kappa shape index (κ1) is 30.8. The molecule has 176 valence electrons. The molecule has 0 radical (unpaired) electrons. The molecule has 5 nitrogen and oxygen atoms in total. The third-order valence-electron chi connectivity index (χ3n) is 5.56. The summed E-state index contributed by atoms with van der Waals surface area (Å²) in [6.07, 6.45) is 11.4. The number of quaternary nitrogens is 1. The monoisotopic (exact) mass is 424 g/mol. The van der Waals surface area contributed by atoms with Crippen LogP contribution in [0.1, 0.15) is 84.6 Å². The molecule has 1 aromatic rings. The van der Waals surface area contributed by atoms with Gasteiger partial charge in [0.05, 0.1) is 26.2 Å². The van der Waals surface area contributed by atoms with Gasteiger partial charge in [-0.3, -0.25) is 4.79 Å². The van der Waals surface area contributed by atoms with Crippen molar-refractivity contribution >= 4 is 5.97 Å². The molecule has 0 aliphatic carbocycles. The van der Waals surface area contributed by atoms with E-state index in [1.165, 1.54) is 82.0 Å². The van der Waals surface area contributed by atoms with E-state index in [1.807, 2.05) is 30.3 Å². The van der Waals surface area contributed by atoms with E-state index in [2.05, 4.69) is 27.7 Å². The number of carboxylic acid groups (broad SMARTS) is 1. The van der Waals surface area contributed by atoms with Gasteiger partial charge in [0.25, 0.3) is 0 Å². The summed E-state index contributed by atoms with van der Waals surface area (Å²) >= 11 is 0. The highest BCUT2D eigenvalue weighted by atomic mass is 16.4. The summed E-state index contributed by atoms with van der Waals surface area (Å²) in [5.74, 6) is -0.959. The minimum atomic E-state index is -0.959. The lowest BCUT2D eigenvalue weighted by Gasteiger charge is -2.39. The van der Waals surface area contributed by atoms with Gasteiger partial charge in [0.15, 0.2) is 0 Å². The lowest BCUT2D eigenvalue weighted by Crippen LogP contribution is -2.50. The van der Waals surface area contributed by atoms with Crippen molar-refractivity contribution < 1.29 is 19.9 Å². The second-order valence-corrected chi connectivity index (χ2v) is 8.28. The fourth-order valence-electron chi connectivity index (χ4n) is 3.60. The number of unbranched alkanes of at least 4 members (excludes halogenated alkanes) is 4. The van der Waals surface area contributed by atoms with Gasteiger partial charge in [-0.2, -0.15) is 0 Å². The van der Waals surface area contributed by atoms with Gasteiger partial charge < -0.3 is 20.8 Å². The molecule has 0 fully saturated rings. The van der Waals surface area contributed by atoms with Crippen LogP contribution in [0.15, 0.2) is 30.3 Å². The van der Waals surface area contributed by atoms with Gasteiger partial charge in [0.2, 0.25) is 0 Å². The Morgan fingerprint density at radius 2 is 1.20 bits per heavy atom. The molecular weight excluding hydrogens is 376 g/mol. The summed E-state index contributed by atoms with van der Waals surface area (Å²) in [7, 11) is 0. The summed E-state index contributed by atoms with van der Waals surface area (Å²) < 4.78 is 1.42. The van der Waals surface area contributed by atoms with Crippen molar-refractivity contribution in [2.24, 2.45) is 5.73 Å². The van der Waals surface area contributed by atoms with Gasteiger partial charge in [-0.05, 0) is 37.7 Å². The molecule has 0 heterocycles. The van der Waals surface area contributed by atoms with Crippen LogP contribution in [0.4, 0.5) is 0 Å². The Hall–Kier alpha value is -1.43. The van der Waals surface area contributed by atoms with E-state index in [1.54, 1.807) is 0 Å². The minimum absolute atomic E-state index is 0. The van der Waals surface area contributed by atoms with E-state index in [4.69, 9.17) is 10.8 Å². The molecule has 1 atom stereocenters. The first-order valence-electron chi connectivity index (χ1n) is 11.8. The summed E-state index contributed by atoms with van der Waals surface area (Å²) in [5.41, 5.74) is 6.30. The third-order valence-corrected chi connectivity index (χ3v) is 5.56. The van der Waals surface area contributed by atoms with Gasteiger partial charge in [-0.25, -0.2) is 0 Å². The Morgan fingerprint density at radius 3 is 1.50 bits per heavy atom. The largest absolute Gasteiger partial charge is 0.870 e. The minimum Gasteiger partial charge on any atom is -0.870 e. The Kier molecular flexibility index (Phi) is 20.0. The van der Waals surface area contributed by atoms with Crippen molar-refractivity contribution in [3.8, 4) is 0 Å². The Balaban J connectivity index is 0. The molecule has 30 heavy (non-hydrogen) atoms. The van der Waals surface area contributed by atoms with Crippen LogP contribution < -0.4 is 5.73 Å². The van der Waals surface area contributed by atoms with E-state index < -0.39 is 12.0 Å². The molecule has 0 saturated carbocycles. The highest BCUT2D eigenvalue weighted by Crippen LogP contribution is 2.16. The SMILES string of the molecule is CCCC[N+](CCCC)(CCCC)CCCC.NC(Cc1ccccc1)C(=O)O.[OH-]. The Morgan fingerprint density at radius 1 is 0.833 bits per heavy atom. The average molecular weight is 425 g/mol. The maximum atomic E-state index is 10.4. The lowest BCUT2D eigenvalue weighted by atomic mass is 10.1. The maximum absolute atomic E-state index is 10.4. The first-order chi connectivity index (χ1) is 13.9. The zero-order valence-electron chi connectivity index (χ0n) is 20.0. The molecule has 0 saturated heterocycles. The second-order valence-electron chi connectivity index (χ2n) is 8.28. The summed E-state index contributed by atoms with van der Waals surface area (Å²) in [5, 5.41) is 8.52. The molecule has 5 heteroatoms. The number of rotatable bonds is 15. The van der Waals surface area contributed by atoms with Crippen LogP contribution in [0.5, 0.6) is 0 Å². The van der Waals surface area contributed by atoms with Crippen LogP contribution in [-0.2, 0) is 11.2 Å². The Labute approximate surface area is 185 Å². The average Bonchev–Trinajstić information content (AvgIpc) is 2.74. The number of carbonyl (C=O) groups is 1. The van der Waals surface area contributed by atoms with Gasteiger partial charge in [0, 0.05) is 0 Å². The van der Waals surface area contributed by atoms with Crippen LogP contribution in [-0.4, -0.2) is 53.3 Å².